The molecule has 0 saturated carbocycles. The number of carbonyl (C=O) groups is 1. The number of nitrogens with one attached hydrogen (secondary N) is 1. The molecule has 0 aliphatic rings. The summed E-state index contributed by atoms with van der Waals surface area (Å²) in [6.45, 7) is 2.34. The van der Waals surface area contributed by atoms with Crippen LogP contribution < -0.4 is 14.8 Å². The molecule has 0 unspecified atom stereocenters. The molecule has 0 bridgehead atoms. The quantitative estimate of drug-likeness (QED) is 0.160. The van der Waals surface area contributed by atoms with Crippen molar-refractivity contribution in [1.29, 1.82) is 5.26 Å². The molecule has 3 aromatic rings. The zero-order valence-electron chi connectivity index (χ0n) is 18.8. The summed E-state index contributed by atoms with van der Waals surface area (Å²) in [6, 6.07) is 16.7. The number of halogens is 5. The van der Waals surface area contributed by atoms with Gasteiger partial charge in [-0.15, -0.1) is 0 Å². The first-order chi connectivity index (χ1) is 17.1. The predicted octanol–water partition coefficient (Wildman–Crippen LogP) is 7.49. The molecule has 0 radical (unpaired) electrons. The molecule has 3 rings (SSSR count). The van der Waals surface area contributed by atoms with E-state index >= 15 is 0 Å². The van der Waals surface area contributed by atoms with E-state index in [0.717, 1.165) is 27.3 Å². The van der Waals surface area contributed by atoms with Gasteiger partial charge in [0.15, 0.2) is 11.5 Å². The smallest absolute Gasteiger partial charge is 0.416 e. The fourth-order valence-corrected chi connectivity index (χ4v) is 3.73. The molecule has 10 heteroatoms. The van der Waals surface area contributed by atoms with E-state index < -0.39 is 17.6 Å². The molecule has 0 aliphatic carbocycles. The third-order valence-corrected chi connectivity index (χ3v) is 5.75. The van der Waals surface area contributed by atoms with Crippen molar-refractivity contribution in [2.45, 2.75) is 19.7 Å². The lowest BCUT2D eigenvalue weighted by Gasteiger charge is -2.15. The van der Waals surface area contributed by atoms with E-state index in [1.165, 1.54) is 18.2 Å². The summed E-state index contributed by atoms with van der Waals surface area (Å²) in [5, 5.41) is 12.0. The van der Waals surface area contributed by atoms with Crippen LogP contribution in [0.1, 0.15) is 23.6 Å². The lowest BCUT2D eigenvalue weighted by atomic mass is 10.1. The largest absolute Gasteiger partial charge is 0.490 e. The van der Waals surface area contributed by atoms with Crippen molar-refractivity contribution < 1.29 is 27.4 Å². The molecule has 3 aromatic carbocycles. The van der Waals surface area contributed by atoms with Crippen LogP contribution in [-0.4, -0.2) is 12.5 Å². The van der Waals surface area contributed by atoms with Crippen molar-refractivity contribution in [2.24, 2.45) is 0 Å². The SMILES string of the molecule is CCOc1cc(/C=C(/C#N)C(=O)Nc2cccc(C(F)(F)F)c2)cc(Cl)c1OCc1ccc(I)cc1. The van der Waals surface area contributed by atoms with Crippen LogP contribution in [0.15, 0.2) is 66.2 Å². The molecule has 0 aromatic heterocycles. The number of rotatable bonds is 8. The lowest BCUT2D eigenvalue weighted by molar-refractivity contribution is -0.137. The zero-order chi connectivity index (χ0) is 26.3. The molecule has 5 nitrogen and oxygen atoms in total. The summed E-state index contributed by atoms with van der Waals surface area (Å²) in [7, 11) is 0. The Hall–Kier alpha value is -3.23. The van der Waals surface area contributed by atoms with Gasteiger partial charge in [0.05, 0.1) is 17.2 Å². The molecule has 1 N–H and O–H groups in total. The second-order valence-corrected chi connectivity index (χ2v) is 9.03. The number of nitrogens with zero attached hydrogens (tertiary/aromatic N) is 1. The van der Waals surface area contributed by atoms with Crippen molar-refractivity contribution in [3.63, 3.8) is 0 Å². The molecule has 0 saturated heterocycles. The van der Waals surface area contributed by atoms with Crippen LogP contribution in [0.5, 0.6) is 11.5 Å². The van der Waals surface area contributed by atoms with Crippen molar-refractivity contribution >= 4 is 51.9 Å². The first kappa shape index (κ1) is 27.4. The van der Waals surface area contributed by atoms with Crippen LogP contribution in [0.4, 0.5) is 18.9 Å². The van der Waals surface area contributed by atoms with Crippen LogP contribution in [0, 0.1) is 14.9 Å². The van der Waals surface area contributed by atoms with E-state index in [9.17, 15) is 23.2 Å². The topological polar surface area (TPSA) is 71.3 Å². The van der Waals surface area contributed by atoms with Crippen LogP contribution >= 0.6 is 34.2 Å². The number of benzene rings is 3. The van der Waals surface area contributed by atoms with E-state index in [-0.39, 0.29) is 22.9 Å². The Morgan fingerprint density at radius 2 is 1.86 bits per heavy atom. The van der Waals surface area contributed by atoms with Crippen LogP contribution in [0.25, 0.3) is 6.08 Å². The second-order valence-electron chi connectivity index (χ2n) is 7.38. The Labute approximate surface area is 224 Å². The van der Waals surface area contributed by atoms with Gasteiger partial charge in [-0.05, 0) is 89.2 Å². The van der Waals surface area contributed by atoms with E-state index in [2.05, 4.69) is 27.9 Å². The normalized spacial score (nSPS) is 11.5. The molecule has 186 valence electrons. The van der Waals surface area contributed by atoms with Crippen molar-refractivity contribution in [1.82, 2.24) is 0 Å². The number of amides is 1. The van der Waals surface area contributed by atoms with Crippen molar-refractivity contribution in [3.05, 3.63) is 91.5 Å². The summed E-state index contributed by atoms with van der Waals surface area (Å²) < 4.78 is 51.5. The Bertz CT molecular complexity index is 1320. The Balaban J connectivity index is 1.84. The summed E-state index contributed by atoms with van der Waals surface area (Å²) in [5.74, 6) is -0.247. The fraction of sp³-hybridized carbons (Fsp3) is 0.154. The number of ether oxygens (including phenoxy) is 2. The summed E-state index contributed by atoms with van der Waals surface area (Å²) in [5.41, 5.74) is -0.0460. The standard InChI is InChI=1S/C26H19ClF3IN2O3/c1-2-35-23-12-17(11-22(27)24(23)36-15-16-6-8-20(31)9-7-16)10-18(14-32)25(34)33-21-5-3-4-19(13-21)26(28,29)30/h3-13H,2,15H2,1H3,(H,33,34)/b18-10-. The van der Waals surface area contributed by atoms with Gasteiger partial charge >= 0.3 is 6.18 Å². The summed E-state index contributed by atoms with van der Waals surface area (Å²) in [4.78, 5) is 12.6. The van der Waals surface area contributed by atoms with Gasteiger partial charge in [-0.25, -0.2) is 0 Å². The molecule has 1 amide bonds. The van der Waals surface area contributed by atoms with E-state index in [1.54, 1.807) is 19.1 Å². The highest BCUT2D eigenvalue weighted by Gasteiger charge is 2.30. The summed E-state index contributed by atoms with van der Waals surface area (Å²) in [6.07, 6.45) is -3.30. The number of alkyl halides is 3. The average Bonchev–Trinajstić information content (AvgIpc) is 2.83. The highest BCUT2D eigenvalue weighted by atomic mass is 127. The Morgan fingerprint density at radius 1 is 1.14 bits per heavy atom. The number of carbonyl (C=O) groups excluding carboxylic acids is 1. The predicted molar refractivity (Wildman–Crippen MR) is 140 cm³/mol. The lowest BCUT2D eigenvalue weighted by Crippen LogP contribution is -2.14. The highest BCUT2D eigenvalue weighted by Crippen LogP contribution is 2.38. The fourth-order valence-electron chi connectivity index (χ4n) is 3.10. The Kier molecular flexibility index (Phi) is 9.23. The van der Waals surface area contributed by atoms with Crippen molar-refractivity contribution in [2.75, 3.05) is 11.9 Å². The molecular weight excluding hydrogens is 608 g/mol. The minimum atomic E-state index is -4.57. The van der Waals surface area contributed by atoms with Gasteiger partial charge in [0.1, 0.15) is 18.2 Å². The highest BCUT2D eigenvalue weighted by molar-refractivity contribution is 14.1. The van der Waals surface area contributed by atoms with E-state index in [4.69, 9.17) is 21.1 Å². The maximum absolute atomic E-state index is 12.9. The molecular formula is C26H19ClF3IN2O3. The third-order valence-electron chi connectivity index (χ3n) is 4.75. The minimum Gasteiger partial charge on any atom is -0.490 e. The van der Waals surface area contributed by atoms with Crippen LogP contribution in [0.3, 0.4) is 0 Å². The molecule has 0 aliphatic heterocycles. The molecule has 0 spiro atoms. The van der Waals surface area contributed by atoms with Crippen LogP contribution in [-0.2, 0) is 17.6 Å². The maximum atomic E-state index is 12.9. The van der Waals surface area contributed by atoms with Crippen LogP contribution in [0.2, 0.25) is 5.02 Å². The first-order valence-electron chi connectivity index (χ1n) is 10.5. The van der Waals surface area contributed by atoms with Gasteiger partial charge in [-0.1, -0.05) is 29.8 Å². The van der Waals surface area contributed by atoms with Crippen molar-refractivity contribution in [3.8, 4) is 17.6 Å². The van der Waals surface area contributed by atoms with Gasteiger partial charge in [0.2, 0.25) is 0 Å². The minimum absolute atomic E-state index is 0.0941. The van der Waals surface area contributed by atoms with E-state index in [0.29, 0.717) is 23.7 Å². The van der Waals surface area contributed by atoms with Gasteiger partial charge in [0.25, 0.3) is 5.91 Å². The van der Waals surface area contributed by atoms with Gasteiger partial charge in [-0.3, -0.25) is 4.79 Å². The molecule has 0 heterocycles. The van der Waals surface area contributed by atoms with Gasteiger partial charge in [0, 0.05) is 9.26 Å². The second kappa shape index (κ2) is 12.1. The van der Waals surface area contributed by atoms with Gasteiger partial charge in [-0.2, -0.15) is 18.4 Å². The van der Waals surface area contributed by atoms with E-state index in [1.807, 2.05) is 24.3 Å². The van der Waals surface area contributed by atoms with Gasteiger partial charge < -0.3 is 14.8 Å². The number of anilines is 1. The number of hydrogen-bond acceptors (Lipinski definition) is 4. The summed E-state index contributed by atoms with van der Waals surface area (Å²) >= 11 is 8.64. The maximum Gasteiger partial charge on any atom is 0.416 e. The number of nitriles is 1. The first-order valence-corrected chi connectivity index (χ1v) is 12.0. The molecule has 0 atom stereocenters. The zero-order valence-corrected chi connectivity index (χ0v) is 21.7. The third kappa shape index (κ3) is 7.38. The number of hydrogen-bond donors (Lipinski definition) is 1. The Morgan fingerprint density at radius 3 is 2.50 bits per heavy atom. The monoisotopic (exact) mass is 626 g/mol. The molecule has 0 fully saturated rings. The average molecular weight is 627 g/mol. The molecule has 36 heavy (non-hydrogen) atoms.